The Kier molecular flexibility index (Phi) is 3.63. The fourth-order valence-electron chi connectivity index (χ4n) is 3.06. The summed E-state index contributed by atoms with van der Waals surface area (Å²) in [6.45, 7) is 3.60. The second kappa shape index (κ2) is 5.25. The first-order chi connectivity index (χ1) is 9.16. The molecule has 1 saturated carbocycles. The zero-order valence-corrected chi connectivity index (χ0v) is 12.5. The lowest BCUT2D eigenvalue weighted by Crippen LogP contribution is -2.29. The normalized spacial score (nSPS) is 30.3. The first kappa shape index (κ1) is 13.1. The van der Waals surface area contributed by atoms with Gasteiger partial charge in [-0.3, -0.25) is 4.79 Å². The highest BCUT2D eigenvalue weighted by Gasteiger charge is 2.55. The molecule has 4 heteroatoms. The van der Waals surface area contributed by atoms with E-state index in [1.165, 1.54) is 0 Å². The molecule has 2 fully saturated rings. The topological polar surface area (TPSA) is 38.3 Å². The molecule has 0 spiro atoms. The highest BCUT2D eigenvalue weighted by Crippen LogP contribution is 2.51. The maximum atomic E-state index is 12.3. The number of amides is 1. The van der Waals surface area contributed by atoms with Gasteiger partial charge in [0.2, 0.25) is 5.91 Å². The standard InChI is InChI=1S/C15H18BrNO2/c1-9(10-3-2-4-11(16)7-10)17-15(18)14-12-5-6-19-8-13(12)14/h2-4,7,9,12-14H,5-6,8H2,1H3,(H,17,18)/t9-,12-,13+,14+/m0/s1. The highest BCUT2D eigenvalue weighted by molar-refractivity contribution is 9.10. The molecule has 1 aliphatic carbocycles. The van der Waals surface area contributed by atoms with Gasteiger partial charge in [-0.2, -0.15) is 0 Å². The summed E-state index contributed by atoms with van der Waals surface area (Å²) in [5.41, 5.74) is 1.13. The molecule has 0 radical (unpaired) electrons. The first-order valence-corrected chi connectivity index (χ1v) is 7.59. The Bertz CT molecular complexity index is 479. The van der Waals surface area contributed by atoms with E-state index in [2.05, 4.69) is 21.2 Å². The van der Waals surface area contributed by atoms with Crippen molar-refractivity contribution in [2.75, 3.05) is 13.2 Å². The van der Waals surface area contributed by atoms with Crippen molar-refractivity contribution in [3.8, 4) is 0 Å². The Hall–Kier alpha value is -0.870. The lowest BCUT2D eigenvalue weighted by atomic mass is 10.1. The number of rotatable bonds is 3. The van der Waals surface area contributed by atoms with Gasteiger partial charge in [-0.25, -0.2) is 0 Å². The number of hydrogen-bond acceptors (Lipinski definition) is 2. The maximum absolute atomic E-state index is 12.3. The van der Waals surface area contributed by atoms with Crippen molar-refractivity contribution in [2.24, 2.45) is 17.8 Å². The van der Waals surface area contributed by atoms with E-state index in [4.69, 9.17) is 4.74 Å². The molecule has 0 aromatic heterocycles. The van der Waals surface area contributed by atoms with E-state index in [0.29, 0.717) is 11.8 Å². The number of carbonyl (C=O) groups is 1. The van der Waals surface area contributed by atoms with Crippen LogP contribution in [0, 0.1) is 17.8 Å². The van der Waals surface area contributed by atoms with Crippen LogP contribution in [0.5, 0.6) is 0 Å². The smallest absolute Gasteiger partial charge is 0.224 e. The Balaban J connectivity index is 1.61. The fraction of sp³-hybridized carbons (Fsp3) is 0.533. The van der Waals surface area contributed by atoms with Crippen LogP contribution in [0.2, 0.25) is 0 Å². The Labute approximate surface area is 121 Å². The number of hydrogen-bond donors (Lipinski definition) is 1. The maximum Gasteiger partial charge on any atom is 0.224 e. The summed E-state index contributed by atoms with van der Waals surface area (Å²) in [7, 11) is 0. The van der Waals surface area contributed by atoms with Crippen LogP contribution < -0.4 is 5.32 Å². The minimum Gasteiger partial charge on any atom is -0.381 e. The van der Waals surface area contributed by atoms with Crippen LogP contribution in [0.4, 0.5) is 0 Å². The SMILES string of the molecule is C[C@H](NC(=O)[C@H]1[C@@H]2COCC[C@@H]21)c1cccc(Br)c1. The number of ether oxygens (including phenoxy) is 1. The summed E-state index contributed by atoms with van der Waals surface area (Å²) in [5, 5.41) is 3.13. The van der Waals surface area contributed by atoms with Crippen molar-refractivity contribution >= 4 is 21.8 Å². The lowest BCUT2D eigenvalue weighted by molar-refractivity contribution is -0.123. The van der Waals surface area contributed by atoms with Crippen LogP contribution in [-0.4, -0.2) is 19.1 Å². The van der Waals surface area contributed by atoms with Gasteiger partial charge in [-0.05, 0) is 42.9 Å². The van der Waals surface area contributed by atoms with Gasteiger partial charge in [0, 0.05) is 17.0 Å². The molecule has 2 aliphatic rings. The molecule has 1 N–H and O–H groups in total. The molecule has 1 saturated heterocycles. The molecule has 3 rings (SSSR count). The molecular formula is C15H18BrNO2. The quantitative estimate of drug-likeness (QED) is 0.928. The first-order valence-electron chi connectivity index (χ1n) is 6.80. The van der Waals surface area contributed by atoms with Gasteiger partial charge < -0.3 is 10.1 Å². The van der Waals surface area contributed by atoms with Gasteiger partial charge in [0.25, 0.3) is 0 Å². The van der Waals surface area contributed by atoms with Gasteiger partial charge in [-0.15, -0.1) is 0 Å². The molecular weight excluding hydrogens is 306 g/mol. The van der Waals surface area contributed by atoms with Crippen molar-refractivity contribution in [2.45, 2.75) is 19.4 Å². The summed E-state index contributed by atoms with van der Waals surface area (Å²) in [5.74, 6) is 1.39. The predicted octanol–water partition coefficient (Wildman–Crippen LogP) is 2.91. The molecule has 1 amide bonds. The Morgan fingerprint density at radius 1 is 1.47 bits per heavy atom. The van der Waals surface area contributed by atoms with Gasteiger partial charge in [0.05, 0.1) is 12.6 Å². The van der Waals surface area contributed by atoms with Crippen LogP contribution in [0.3, 0.4) is 0 Å². The summed E-state index contributed by atoms with van der Waals surface area (Å²) in [4.78, 5) is 12.3. The van der Waals surface area contributed by atoms with E-state index in [1.54, 1.807) is 0 Å². The Morgan fingerprint density at radius 3 is 3.00 bits per heavy atom. The van der Waals surface area contributed by atoms with E-state index < -0.39 is 0 Å². The zero-order chi connectivity index (χ0) is 13.4. The summed E-state index contributed by atoms with van der Waals surface area (Å²) < 4.78 is 6.46. The van der Waals surface area contributed by atoms with Gasteiger partial charge >= 0.3 is 0 Å². The van der Waals surface area contributed by atoms with E-state index in [9.17, 15) is 4.79 Å². The molecule has 1 aromatic rings. The van der Waals surface area contributed by atoms with E-state index in [-0.39, 0.29) is 17.9 Å². The second-order valence-electron chi connectivity index (χ2n) is 5.50. The van der Waals surface area contributed by atoms with Crippen molar-refractivity contribution in [1.82, 2.24) is 5.32 Å². The molecule has 19 heavy (non-hydrogen) atoms. The molecule has 3 nitrogen and oxygen atoms in total. The molecule has 0 unspecified atom stereocenters. The van der Waals surface area contributed by atoms with Crippen LogP contribution in [0.15, 0.2) is 28.7 Å². The number of halogens is 1. The molecule has 4 atom stereocenters. The number of carbonyl (C=O) groups excluding carboxylic acids is 1. The average molecular weight is 324 g/mol. The third kappa shape index (κ3) is 2.70. The summed E-state index contributed by atoms with van der Waals surface area (Å²) in [6, 6.07) is 8.12. The third-order valence-electron chi connectivity index (χ3n) is 4.25. The largest absolute Gasteiger partial charge is 0.381 e. The molecule has 102 valence electrons. The molecule has 0 bridgehead atoms. The van der Waals surface area contributed by atoms with E-state index >= 15 is 0 Å². The van der Waals surface area contributed by atoms with Crippen LogP contribution in [-0.2, 0) is 9.53 Å². The second-order valence-corrected chi connectivity index (χ2v) is 6.42. The molecule has 1 aliphatic heterocycles. The van der Waals surface area contributed by atoms with Gasteiger partial charge in [0.15, 0.2) is 0 Å². The number of benzene rings is 1. The summed E-state index contributed by atoms with van der Waals surface area (Å²) in [6.07, 6.45) is 1.04. The zero-order valence-electron chi connectivity index (χ0n) is 10.9. The van der Waals surface area contributed by atoms with E-state index in [0.717, 1.165) is 29.7 Å². The van der Waals surface area contributed by atoms with Crippen LogP contribution in [0.25, 0.3) is 0 Å². The number of fused-ring (bicyclic) bond motifs is 1. The van der Waals surface area contributed by atoms with Crippen molar-refractivity contribution in [1.29, 1.82) is 0 Å². The Morgan fingerprint density at radius 2 is 2.32 bits per heavy atom. The number of nitrogens with one attached hydrogen (secondary N) is 1. The average Bonchev–Trinajstić information content (AvgIpc) is 3.13. The highest BCUT2D eigenvalue weighted by atomic mass is 79.9. The monoisotopic (exact) mass is 323 g/mol. The molecule has 1 heterocycles. The predicted molar refractivity (Wildman–Crippen MR) is 76.6 cm³/mol. The fourth-order valence-corrected chi connectivity index (χ4v) is 3.48. The van der Waals surface area contributed by atoms with Gasteiger partial charge in [0.1, 0.15) is 0 Å². The lowest BCUT2D eigenvalue weighted by Gasteiger charge is -2.14. The van der Waals surface area contributed by atoms with E-state index in [1.807, 2.05) is 31.2 Å². The van der Waals surface area contributed by atoms with Crippen molar-refractivity contribution in [3.05, 3.63) is 34.3 Å². The third-order valence-corrected chi connectivity index (χ3v) is 4.74. The molecule has 1 aromatic carbocycles. The van der Waals surface area contributed by atoms with Crippen LogP contribution >= 0.6 is 15.9 Å². The van der Waals surface area contributed by atoms with Crippen LogP contribution in [0.1, 0.15) is 24.9 Å². The minimum absolute atomic E-state index is 0.0496. The van der Waals surface area contributed by atoms with Crippen molar-refractivity contribution < 1.29 is 9.53 Å². The van der Waals surface area contributed by atoms with Crippen molar-refractivity contribution in [3.63, 3.8) is 0 Å². The minimum atomic E-state index is 0.0496. The van der Waals surface area contributed by atoms with Gasteiger partial charge in [-0.1, -0.05) is 28.1 Å². The summed E-state index contributed by atoms with van der Waals surface area (Å²) >= 11 is 3.46.